The van der Waals surface area contributed by atoms with Gasteiger partial charge in [-0.3, -0.25) is 4.79 Å². The van der Waals surface area contributed by atoms with E-state index >= 15 is 0 Å². The summed E-state index contributed by atoms with van der Waals surface area (Å²) in [5, 5.41) is 6.21. The number of benzene rings is 1. The molecule has 17 heavy (non-hydrogen) atoms. The molecule has 5 nitrogen and oxygen atoms in total. The van der Waals surface area contributed by atoms with E-state index in [2.05, 4.69) is 10.6 Å². The van der Waals surface area contributed by atoms with Gasteiger partial charge in [-0.15, -0.1) is 0 Å². The van der Waals surface area contributed by atoms with Crippen molar-refractivity contribution in [1.29, 1.82) is 0 Å². The topological polar surface area (TPSA) is 59.6 Å². The van der Waals surface area contributed by atoms with Crippen molar-refractivity contribution in [3.8, 4) is 11.5 Å². The number of carbonyl (C=O) groups excluding carboxylic acids is 1. The third kappa shape index (κ3) is 2.13. The van der Waals surface area contributed by atoms with Crippen LogP contribution in [0.4, 0.5) is 5.69 Å². The number of hydrogen-bond acceptors (Lipinski definition) is 4. The lowest BCUT2D eigenvalue weighted by atomic mass is 10.2. The van der Waals surface area contributed by atoms with Crippen LogP contribution in [0.3, 0.4) is 0 Å². The molecule has 2 N–H and O–H groups in total. The second-order valence-electron chi connectivity index (χ2n) is 4.25. The number of anilines is 1. The molecular weight excluding hydrogens is 220 g/mol. The molecule has 1 aromatic rings. The minimum absolute atomic E-state index is 0.141. The summed E-state index contributed by atoms with van der Waals surface area (Å²) in [4.78, 5) is 11.0. The molecule has 1 fully saturated rings. The Hall–Kier alpha value is -1.91. The van der Waals surface area contributed by atoms with Gasteiger partial charge in [0.05, 0.1) is 0 Å². The summed E-state index contributed by atoms with van der Waals surface area (Å²) in [6.07, 6.45) is 1.53. The molecule has 2 aliphatic heterocycles. The van der Waals surface area contributed by atoms with Crippen molar-refractivity contribution in [2.24, 2.45) is 0 Å². The first kappa shape index (κ1) is 10.3. The number of nitrogens with one attached hydrogen (secondary N) is 2. The highest BCUT2D eigenvalue weighted by Gasteiger charge is 2.20. The highest BCUT2D eigenvalue weighted by Crippen LogP contribution is 2.34. The van der Waals surface area contributed by atoms with Crippen molar-refractivity contribution in [1.82, 2.24) is 5.32 Å². The number of hydrogen-bond donors (Lipinski definition) is 2. The summed E-state index contributed by atoms with van der Waals surface area (Å²) < 4.78 is 10.5. The van der Waals surface area contributed by atoms with Crippen LogP contribution in [0.2, 0.25) is 0 Å². The van der Waals surface area contributed by atoms with Gasteiger partial charge >= 0.3 is 0 Å². The third-order valence-electron chi connectivity index (χ3n) is 3.01. The fraction of sp³-hybridized carbons (Fsp3) is 0.417. The van der Waals surface area contributed by atoms with Crippen molar-refractivity contribution in [3.05, 3.63) is 18.2 Å². The van der Waals surface area contributed by atoms with E-state index in [4.69, 9.17) is 9.47 Å². The van der Waals surface area contributed by atoms with Crippen LogP contribution in [0.5, 0.6) is 11.5 Å². The van der Waals surface area contributed by atoms with Crippen molar-refractivity contribution in [3.63, 3.8) is 0 Å². The fourth-order valence-corrected chi connectivity index (χ4v) is 2.08. The van der Waals surface area contributed by atoms with Gasteiger partial charge in [-0.2, -0.15) is 0 Å². The lowest BCUT2D eigenvalue weighted by Gasteiger charge is -2.12. The average Bonchev–Trinajstić information content (AvgIpc) is 2.94. The molecule has 0 saturated carbocycles. The maximum atomic E-state index is 11.0. The molecule has 2 aliphatic rings. The first-order chi connectivity index (χ1) is 8.31. The van der Waals surface area contributed by atoms with Gasteiger partial charge in [0.1, 0.15) is 0 Å². The monoisotopic (exact) mass is 234 g/mol. The summed E-state index contributed by atoms with van der Waals surface area (Å²) in [5.41, 5.74) is 0.982. The Morgan fingerprint density at radius 2 is 2.24 bits per heavy atom. The maximum absolute atomic E-state index is 11.0. The van der Waals surface area contributed by atoms with Crippen LogP contribution in [0, 0.1) is 0 Å². The average molecular weight is 234 g/mol. The van der Waals surface area contributed by atoms with Gasteiger partial charge in [0.15, 0.2) is 11.5 Å². The lowest BCUT2D eigenvalue weighted by Crippen LogP contribution is -2.31. The second-order valence-corrected chi connectivity index (χ2v) is 4.25. The zero-order valence-corrected chi connectivity index (χ0v) is 9.36. The van der Waals surface area contributed by atoms with Crippen molar-refractivity contribution < 1.29 is 14.3 Å². The van der Waals surface area contributed by atoms with Crippen molar-refractivity contribution in [2.45, 2.75) is 18.9 Å². The fourth-order valence-electron chi connectivity index (χ4n) is 2.08. The highest BCUT2D eigenvalue weighted by atomic mass is 16.7. The van der Waals surface area contributed by atoms with E-state index in [1.54, 1.807) is 0 Å². The van der Waals surface area contributed by atoms with E-state index in [1.807, 2.05) is 18.2 Å². The molecule has 90 valence electrons. The minimum Gasteiger partial charge on any atom is -0.454 e. The quantitative estimate of drug-likeness (QED) is 0.822. The molecule has 5 heteroatoms. The molecule has 0 radical (unpaired) electrons. The normalized spacial score (nSPS) is 21.4. The molecule has 1 atom stereocenters. The Bertz CT molecular complexity index is 447. The van der Waals surface area contributed by atoms with Gasteiger partial charge in [-0.05, 0) is 18.6 Å². The van der Waals surface area contributed by atoms with E-state index in [-0.39, 0.29) is 18.7 Å². The van der Waals surface area contributed by atoms with Gasteiger partial charge in [0, 0.05) is 30.8 Å². The molecule has 1 saturated heterocycles. The zero-order valence-electron chi connectivity index (χ0n) is 9.36. The summed E-state index contributed by atoms with van der Waals surface area (Å²) in [6.45, 7) is 1.03. The summed E-state index contributed by atoms with van der Waals surface area (Å²) in [7, 11) is 0. The Morgan fingerprint density at radius 1 is 1.35 bits per heavy atom. The van der Waals surface area contributed by atoms with Gasteiger partial charge in [-0.25, -0.2) is 0 Å². The van der Waals surface area contributed by atoms with Crippen LogP contribution < -0.4 is 20.1 Å². The maximum Gasteiger partial charge on any atom is 0.231 e. The SMILES string of the molecule is O=C1CC[C@H](CNc2ccc3c(c2)OCO3)N1. The lowest BCUT2D eigenvalue weighted by molar-refractivity contribution is -0.119. The van der Waals surface area contributed by atoms with E-state index in [0.29, 0.717) is 6.42 Å². The van der Waals surface area contributed by atoms with Crippen LogP contribution in [-0.4, -0.2) is 25.3 Å². The van der Waals surface area contributed by atoms with Crippen LogP contribution in [0.15, 0.2) is 18.2 Å². The molecular formula is C12H14N2O3. The molecule has 3 rings (SSSR count). The number of ether oxygens (including phenoxy) is 2. The predicted molar refractivity (Wildman–Crippen MR) is 62.2 cm³/mol. The van der Waals surface area contributed by atoms with Gasteiger partial charge in [0.25, 0.3) is 0 Å². The smallest absolute Gasteiger partial charge is 0.231 e. The van der Waals surface area contributed by atoms with E-state index in [1.165, 1.54) is 0 Å². The number of rotatable bonds is 3. The largest absolute Gasteiger partial charge is 0.454 e. The van der Waals surface area contributed by atoms with Gasteiger partial charge < -0.3 is 20.1 Å². The molecule has 0 aromatic heterocycles. The molecule has 1 aromatic carbocycles. The minimum atomic E-state index is 0.141. The molecule has 2 heterocycles. The van der Waals surface area contributed by atoms with Crippen LogP contribution in [0.25, 0.3) is 0 Å². The zero-order chi connectivity index (χ0) is 11.7. The van der Waals surface area contributed by atoms with Crippen LogP contribution in [-0.2, 0) is 4.79 Å². The van der Waals surface area contributed by atoms with E-state index < -0.39 is 0 Å². The Morgan fingerprint density at radius 3 is 3.06 bits per heavy atom. The second kappa shape index (κ2) is 4.16. The van der Waals surface area contributed by atoms with E-state index in [0.717, 1.165) is 30.2 Å². The van der Waals surface area contributed by atoms with Gasteiger partial charge in [0.2, 0.25) is 12.7 Å². The molecule has 0 unspecified atom stereocenters. The van der Waals surface area contributed by atoms with Crippen molar-refractivity contribution >= 4 is 11.6 Å². The summed E-state index contributed by atoms with van der Waals surface area (Å²) in [6, 6.07) is 5.98. The van der Waals surface area contributed by atoms with E-state index in [9.17, 15) is 4.79 Å². The number of amides is 1. The Balaban J connectivity index is 1.60. The first-order valence-electron chi connectivity index (χ1n) is 5.74. The number of fused-ring (bicyclic) bond motifs is 1. The predicted octanol–water partition coefficient (Wildman–Crippen LogP) is 1.11. The van der Waals surface area contributed by atoms with Crippen LogP contribution >= 0.6 is 0 Å². The van der Waals surface area contributed by atoms with Crippen molar-refractivity contribution in [2.75, 3.05) is 18.7 Å². The summed E-state index contributed by atoms with van der Waals surface area (Å²) in [5.74, 6) is 1.69. The molecule has 0 aliphatic carbocycles. The van der Waals surface area contributed by atoms with Crippen LogP contribution in [0.1, 0.15) is 12.8 Å². The van der Waals surface area contributed by atoms with Gasteiger partial charge in [-0.1, -0.05) is 0 Å². The standard InChI is InChI=1S/C12H14N2O3/c15-12-4-2-9(14-12)6-13-8-1-3-10-11(5-8)17-7-16-10/h1,3,5,9,13H,2,4,6-7H2,(H,14,15)/t9-/m1/s1. The first-order valence-corrected chi connectivity index (χ1v) is 5.74. The third-order valence-corrected chi connectivity index (χ3v) is 3.01. The molecule has 0 spiro atoms. The Labute approximate surface area is 99.1 Å². The Kier molecular flexibility index (Phi) is 2.51. The number of carbonyl (C=O) groups is 1. The molecule has 0 bridgehead atoms. The highest BCUT2D eigenvalue weighted by molar-refractivity contribution is 5.78. The molecule has 1 amide bonds. The summed E-state index contributed by atoms with van der Waals surface area (Å²) >= 11 is 0.